The summed E-state index contributed by atoms with van der Waals surface area (Å²) in [4.78, 5) is 0. The summed E-state index contributed by atoms with van der Waals surface area (Å²) < 4.78 is 2.30. The van der Waals surface area contributed by atoms with Crippen LogP contribution >= 0.6 is 0 Å². The topological polar surface area (TPSA) is 30.9 Å². The van der Waals surface area contributed by atoms with Crippen LogP contribution in [0.25, 0.3) is 27.5 Å². The van der Waals surface area contributed by atoms with Gasteiger partial charge in [0, 0.05) is 22.1 Å². The third kappa shape index (κ3) is 1.80. The Morgan fingerprint density at radius 2 is 1.48 bits per heavy atom. The van der Waals surface area contributed by atoms with Gasteiger partial charge in [0.05, 0.1) is 11.0 Å². The van der Waals surface area contributed by atoms with Gasteiger partial charge < -0.3 is 10.3 Å². The Labute approximate surface area is 123 Å². The molecule has 3 aromatic carbocycles. The van der Waals surface area contributed by atoms with Crippen molar-refractivity contribution in [1.82, 2.24) is 4.57 Å². The van der Waals surface area contributed by atoms with Crippen LogP contribution in [0.3, 0.4) is 0 Å². The second-order valence-electron chi connectivity index (χ2n) is 5.46. The lowest BCUT2D eigenvalue weighted by atomic mass is 10.1. The molecule has 0 unspecified atom stereocenters. The Morgan fingerprint density at radius 1 is 0.762 bits per heavy atom. The lowest BCUT2D eigenvalue weighted by Gasteiger charge is -2.08. The lowest BCUT2D eigenvalue weighted by Crippen LogP contribution is -1.94. The second-order valence-corrected chi connectivity index (χ2v) is 5.46. The molecule has 0 saturated heterocycles. The molecule has 21 heavy (non-hydrogen) atoms. The zero-order valence-corrected chi connectivity index (χ0v) is 11.9. The monoisotopic (exact) mass is 272 g/mol. The van der Waals surface area contributed by atoms with E-state index in [0.29, 0.717) is 0 Å². The molecular formula is C19H16N2. The largest absolute Gasteiger partial charge is 0.399 e. The summed E-state index contributed by atoms with van der Waals surface area (Å²) in [5.74, 6) is 0. The van der Waals surface area contributed by atoms with Gasteiger partial charge >= 0.3 is 0 Å². The van der Waals surface area contributed by atoms with Gasteiger partial charge in [0.2, 0.25) is 0 Å². The maximum absolute atomic E-state index is 5.82. The number of rotatable bonds is 1. The maximum Gasteiger partial charge on any atom is 0.0541 e. The lowest BCUT2D eigenvalue weighted by molar-refractivity contribution is 1.18. The van der Waals surface area contributed by atoms with E-state index in [0.717, 1.165) is 11.4 Å². The predicted molar refractivity (Wildman–Crippen MR) is 89.9 cm³/mol. The van der Waals surface area contributed by atoms with Gasteiger partial charge in [-0.05, 0) is 49.4 Å². The minimum Gasteiger partial charge on any atom is -0.399 e. The first-order chi connectivity index (χ1) is 10.2. The summed E-state index contributed by atoms with van der Waals surface area (Å²) in [6.07, 6.45) is 0. The third-order valence-electron chi connectivity index (χ3n) is 3.98. The van der Waals surface area contributed by atoms with Crippen LogP contribution in [0.2, 0.25) is 0 Å². The van der Waals surface area contributed by atoms with E-state index in [-0.39, 0.29) is 0 Å². The summed E-state index contributed by atoms with van der Waals surface area (Å²) in [5, 5.41) is 2.58. The van der Waals surface area contributed by atoms with Gasteiger partial charge in [-0.2, -0.15) is 0 Å². The average Bonchev–Trinajstić information content (AvgIpc) is 2.82. The van der Waals surface area contributed by atoms with Crippen LogP contribution in [0.15, 0.2) is 66.7 Å². The zero-order chi connectivity index (χ0) is 14.4. The quantitative estimate of drug-likeness (QED) is 0.501. The Kier molecular flexibility index (Phi) is 2.51. The number of benzene rings is 3. The molecule has 1 heterocycles. The molecular weight excluding hydrogens is 256 g/mol. The number of nitrogen functional groups attached to an aromatic ring is 1. The van der Waals surface area contributed by atoms with E-state index >= 15 is 0 Å². The molecule has 0 aliphatic rings. The Balaban J connectivity index is 2.17. The molecule has 2 nitrogen and oxygen atoms in total. The van der Waals surface area contributed by atoms with E-state index in [1.54, 1.807) is 0 Å². The minimum absolute atomic E-state index is 0.787. The zero-order valence-electron chi connectivity index (χ0n) is 11.9. The summed E-state index contributed by atoms with van der Waals surface area (Å²) in [5.41, 5.74) is 11.5. The van der Waals surface area contributed by atoms with Crippen molar-refractivity contribution in [3.8, 4) is 5.69 Å². The molecule has 0 spiro atoms. The molecule has 0 bridgehead atoms. The summed E-state index contributed by atoms with van der Waals surface area (Å²) in [6, 6.07) is 23.2. The Bertz CT molecular complexity index is 947. The normalized spacial score (nSPS) is 11.3. The molecule has 4 aromatic rings. The van der Waals surface area contributed by atoms with Crippen molar-refractivity contribution >= 4 is 27.5 Å². The Hall–Kier alpha value is -2.74. The molecule has 0 aliphatic carbocycles. The molecule has 0 atom stereocenters. The molecule has 2 heteroatoms. The van der Waals surface area contributed by atoms with E-state index in [9.17, 15) is 0 Å². The van der Waals surface area contributed by atoms with Crippen LogP contribution in [-0.2, 0) is 0 Å². The van der Waals surface area contributed by atoms with Crippen molar-refractivity contribution < 1.29 is 0 Å². The van der Waals surface area contributed by atoms with Gasteiger partial charge in [-0.3, -0.25) is 0 Å². The molecule has 2 N–H and O–H groups in total. The van der Waals surface area contributed by atoms with Crippen LogP contribution in [0.4, 0.5) is 5.69 Å². The molecule has 0 saturated carbocycles. The van der Waals surface area contributed by atoms with Crippen molar-refractivity contribution in [2.24, 2.45) is 0 Å². The number of aryl methyl sites for hydroxylation is 1. The summed E-state index contributed by atoms with van der Waals surface area (Å²) >= 11 is 0. The highest BCUT2D eigenvalue weighted by Gasteiger charge is 2.11. The SMILES string of the molecule is Cc1ccc2c(c1)c1ccccc1n2-c1ccc(N)cc1. The van der Waals surface area contributed by atoms with E-state index in [2.05, 4.69) is 66.1 Å². The minimum atomic E-state index is 0.787. The molecule has 4 rings (SSSR count). The fourth-order valence-corrected chi connectivity index (χ4v) is 2.99. The highest BCUT2D eigenvalue weighted by Crippen LogP contribution is 2.32. The number of nitrogens with two attached hydrogens (primary N) is 1. The first-order valence-corrected chi connectivity index (χ1v) is 7.10. The smallest absolute Gasteiger partial charge is 0.0541 e. The first kappa shape index (κ1) is 12.0. The van der Waals surface area contributed by atoms with Crippen LogP contribution in [-0.4, -0.2) is 4.57 Å². The van der Waals surface area contributed by atoms with Crippen LogP contribution in [0.5, 0.6) is 0 Å². The van der Waals surface area contributed by atoms with Gasteiger partial charge in [0.25, 0.3) is 0 Å². The molecule has 0 fully saturated rings. The van der Waals surface area contributed by atoms with Crippen molar-refractivity contribution in [2.45, 2.75) is 6.92 Å². The van der Waals surface area contributed by atoms with Gasteiger partial charge in [-0.1, -0.05) is 29.8 Å². The van der Waals surface area contributed by atoms with Gasteiger partial charge in [-0.15, -0.1) is 0 Å². The molecule has 0 aliphatic heterocycles. The van der Waals surface area contributed by atoms with Crippen LogP contribution in [0.1, 0.15) is 5.56 Å². The number of para-hydroxylation sites is 1. The van der Waals surface area contributed by atoms with E-state index < -0.39 is 0 Å². The molecule has 1 aromatic heterocycles. The summed E-state index contributed by atoms with van der Waals surface area (Å²) in [7, 11) is 0. The third-order valence-corrected chi connectivity index (χ3v) is 3.98. The number of hydrogen-bond donors (Lipinski definition) is 1. The maximum atomic E-state index is 5.82. The fraction of sp³-hybridized carbons (Fsp3) is 0.0526. The highest BCUT2D eigenvalue weighted by molar-refractivity contribution is 6.09. The van der Waals surface area contributed by atoms with Crippen molar-refractivity contribution in [3.63, 3.8) is 0 Å². The van der Waals surface area contributed by atoms with Gasteiger partial charge in [0.1, 0.15) is 0 Å². The predicted octanol–water partition coefficient (Wildman–Crippen LogP) is 4.67. The standard InChI is InChI=1S/C19H16N2/c1-13-6-11-19-17(12-13)16-4-2-3-5-18(16)21(19)15-9-7-14(20)8-10-15/h2-12H,20H2,1H3. The van der Waals surface area contributed by atoms with Crippen LogP contribution in [0, 0.1) is 6.92 Å². The molecule has 0 radical (unpaired) electrons. The average molecular weight is 272 g/mol. The Morgan fingerprint density at radius 3 is 2.29 bits per heavy atom. The highest BCUT2D eigenvalue weighted by atomic mass is 15.0. The second kappa shape index (κ2) is 4.38. The molecule has 0 amide bonds. The van der Waals surface area contributed by atoms with E-state index in [1.165, 1.54) is 27.4 Å². The number of aromatic nitrogens is 1. The van der Waals surface area contributed by atoms with Crippen molar-refractivity contribution in [2.75, 3.05) is 5.73 Å². The number of hydrogen-bond acceptors (Lipinski definition) is 1. The number of anilines is 1. The van der Waals surface area contributed by atoms with Crippen molar-refractivity contribution in [3.05, 3.63) is 72.3 Å². The van der Waals surface area contributed by atoms with E-state index in [1.807, 2.05) is 12.1 Å². The fourth-order valence-electron chi connectivity index (χ4n) is 2.99. The number of fused-ring (bicyclic) bond motifs is 3. The van der Waals surface area contributed by atoms with Gasteiger partial charge in [0.15, 0.2) is 0 Å². The molecule has 102 valence electrons. The summed E-state index contributed by atoms with van der Waals surface area (Å²) in [6.45, 7) is 2.13. The van der Waals surface area contributed by atoms with E-state index in [4.69, 9.17) is 5.73 Å². The number of nitrogens with zero attached hydrogens (tertiary/aromatic N) is 1. The first-order valence-electron chi connectivity index (χ1n) is 7.10. The van der Waals surface area contributed by atoms with Crippen LogP contribution < -0.4 is 5.73 Å². The van der Waals surface area contributed by atoms with Gasteiger partial charge in [-0.25, -0.2) is 0 Å². The van der Waals surface area contributed by atoms with Crippen molar-refractivity contribution in [1.29, 1.82) is 0 Å².